The Morgan fingerprint density at radius 2 is 1.53 bits per heavy atom. The van der Waals surface area contributed by atoms with Crippen LogP contribution in [-0.4, -0.2) is 17.9 Å². The zero-order chi connectivity index (χ0) is 23.8. The summed E-state index contributed by atoms with van der Waals surface area (Å²) in [6.07, 6.45) is 5.51. The molecule has 4 rings (SSSR count). The van der Waals surface area contributed by atoms with E-state index in [4.69, 9.17) is 0 Å². The van der Waals surface area contributed by atoms with Crippen LogP contribution < -0.4 is 16.0 Å². The molecule has 1 aliphatic carbocycles. The quantitative estimate of drug-likeness (QED) is 0.418. The fourth-order valence-electron chi connectivity index (χ4n) is 4.46. The molecular weight excluding hydrogens is 422 g/mol. The lowest BCUT2D eigenvalue weighted by molar-refractivity contribution is -0.122. The molecular formula is C29H33N3O2. The molecule has 2 amide bonds. The van der Waals surface area contributed by atoms with Crippen molar-refractivity contribution >= 4 is 17.5 Å². The van der Waals surface area contributed by atoms with Gasteiger partial charge in [0.05, 0.1) is 0 Å². The predicted molar refractivity (Wildman–Crippen MR) is 137 cm³/mol. The van der Waals surface area contributed by atoms with E-state index < -0.39 is 6.04 Å². The SMILES string of the molecule is Cc1ccc(CNC(=O)c2ccccc2C(Nc2ccccc2)C(=O)NC2CCCCC2)cc1. The zero-order valence-corrected chi connectivity index (χ0v) is 19.7. The second-order valence-electron chi connectivity index (χ2n) is 9.04. The number of aryl methyl sites for hydroxylation is 1. The van der Waals surface area contributed by atoms with Gasteiger partial charge in [-0.25, -0.2) is 0 Å². The summed E-state index contributed by atoms with van der Waals surface area (Å²) in [5.41, 5.74) is 4.22. The Kier molecular flexibility index (Phi) is 7.97. The number of anilines is 1. The summed E-state index contributed by atoms with van der Waals surface area (Å²) in [5.74, 6) is -0.295. The van der Waals surface area contributed by atoms with Crippen molar-refractivity contribution in [2.75, 3.05) is 5.32 Å². The Morgan fingerprint density at radius 3 is 2.26 bits per heavy atom. The molecule has 0 heterocycles. The van der Waals surface area contributed by atoms with Crippen molar-refractivity contribution in [3.63, 3.8) is 0 Å². The molecule has 1 atom stereocenters. The standard InChI is InChI=1S/C29H33N3O2/c1-21-16-18-22(19-17-21)20-30-28(33)26-15-9-8-14-25(26)27(31-23-10-4-2-5-11-23)29(34)32-24-12-6-3-7-13-24/h2,4-5,8-11,14-19,24,27,31H,3,6-7,12-13,20H2,1H3,(H,30,33)(H,32,34). The molecule has 1 fully saturated rings. The van der Waals surface area contributed by atoms with Crippen molar-refractivity contribution in [1.29, 1.82) is 0 Å². The summed E-state index contributed by atoms with van der Waals surface area (Å²) in [7, 11) is 0. The topological polar surface area (TPSA) is 70.2 Å². The number of hydrogen-bond donors (Lipinski definition) is 3. The van der Waals surface area contributed by atoms with Crippen LogP contribution in [0.15, 0.2) is 78.9 Å². The number of amides is 2. The number of benzene rings is 3. The van der Waals surface area contributed by atoms with E-state index in [9.17, 15) is 9.59 Å². The maximum Gasteiger partial charge on any atom is 0.251 e. The second kappa shape index (κ2) is 11.5. The van der Waals surface area contributed by atoms with E-state index >= 15 is 0 Å². The zero-order valence-electron chi connectivity index (χ0n) is 19.7. The van der Waals surface area contributed by atoms with E-state index in [2.05, 4.69) is 16.0 Å². The highest BCUT2D eigenvalue weighted by molar-refractivity contribution is 5.98. The van der Waals surface area contributed by atoms with Gasteiger partial charge in [0.1, 0.15) is 6.04 Å². The van der Waals surface area contributed by atoms with Gasteiger partial charge in [-0.3, -0.25) is 9.59 Å². The van der Waals surface area contributed by atoms with Crippen molar-refractivity contribution in [3.8, 4) is 0 Å². The van der Waals surface area contributed by atoms with Crippen LogP contribution in [0, 0.1) is 6.92 Å². The first kappa shape index (κ1) is 23.6. The highest BCUT2D eigenvalue weighted by Crippen LogP contribution is 2.25. The van der Waals surface area contributed by atoms with Gasteiger partial charge in [-0.2, -0.15) is 0 Å². The molecule has 34 heavy (non-hydrogen) atoms. The smallest absolute Gasteiger partial charge is 0.251 e. The van der Waals surface area contributed by atoms with Crippen molar-refractivity contribution in [3.05, 3.63) is 101 Å². The van der Waals surface area contributed by atoms with E-state index in [-0.39, 0.29) is 17.9 Å². The van der Waals surface area contributed by atoms with E-state index in [0.29, 0.717) is 17.7 Å². The van der Waals surface area contributed by atoms with Crippen LogP contribution >= 0.6 is 0 Å². The van der Waals surface area contributed by atoms with Gasteiger partial charge in [-0.05, 0) is 49.1 Å². The molecule has 0 aliphatic heterocycles. The molecule has 5 nitrogen and oxygen atoms in total. The Morgan fingerprint density at radius 1 is 0.853 bits per heavy atom. The number of carbonyl (C=O) groups excluding carboxylic acids is 2. The van der Waals surface area contributed by atoms with Gasteiger partial charge in [0.2, 0.25) is 5.91 Å². The number of hydrogen-bond acceptors (Lipinski definition) is 3. The molecule has 0 saturated heterocycles. The molecule has 1 saturated carbocycles. The Bertz CT molecular complexity index is 1090. The van der Waals surface area contributed by atoms with E-state index in [1.54, 1.807) is 6.07 Å². The minimum atomic E-state index is -0.675. The minimum absolute atomic E-state index is 0.102. The third-order valence-corrected chi connectivity index (χ3v) is 6.39. The molecule has 3 aromatic rings. The summed E-state index contributed by atoms with van der Waals surface area (Å²) in [4.78, 5) is 26.7. The van der Waals surface area contributed by atoms with Crippen LogP contribution in [0.3, 0.4) is 0 Å². The second-order valence-corrected chi connectivity index (χ2v) is 9.04. The van der Waals surface area contributed by atoms with E-state index in [1.165, 1.54) is 12.0 Å². The molecule has 1 unspecified atom stereocenters. The summed E-state index contributed by atoms with van der Waals surface area (Å²) < 4.78 is 0. The van der Waals surface area contributed by atoms with Crippen LogP contribution in [0.4, 0.5) is 5.69 Å². The fraction of sp³-hybridized carbons (Fsp3) is 0.310. The number of rotatable bonds is 8. The van der Waals surface area contributed by atoms with E-state index in [1.807, 2.05) is 79.7 Å². The Hall–Kier alpha value is -3.60. The molecule has 176 valence electrons. The predicted octanol–water partition coefficient (Wildman–Crippen LogP) is 5.53. The highest BCUT2D eigenvalue weighted by atomic mass is 16.2. The first-order valence-electron chi connectivity index (χ1n) is 12.1. The van der Waals surface area contributed by atoms with Crippen LogP contribution in [-0.2, 0) is 11.3 Å². The Balaban J connectivity index is 1.56. The molecule has 1 aliphatic rings. The van der Waals surface area contributed by atoms with Crippen LogP contribution in [0.2, 0.25) is 0 Å². The molecule has 3 N–H and O–H groups in total. The van der Waals surface area contributed by atoms with Crippen molar-refractivity contribution < 1.29 is 9.59 Å². The van der Waals surface area contributed by atoms with Gasteiger partial charge in [0.25, 0.3) is 5.91 Å². The number of nitrogens with one attached hydrogen (secondary N) is 3. The first-order chi connectivity index (χ1) is 16.6. The fourth-order valence-corrected chi connectivity index (χ4v) is 4.46. The van der Waals surface area contributed by atoms with Crippen molar-refractivity contribution in [2.24, 2.45) is 0 Å². The number of carbonyl (C=O) groups is 2. The normalized spacial score (nSPS) is 14.7. The molecule has 5 heteroatoms. The van der Waals surface area contributed by atoms with E-state index in [0.717, 1.165) is 36.9 Å². The highest BCUT2D eigenvalue weighted by Gasteiger charge is 2.27. The maximum atomic E-state index is 13.5. The van der Waals surface area contributed by atoms with Crippen LogP contribution in [0.1, 0.15) is 65.2 Å². The third-order valence-electron chi connectivity index (χ3n) is 6.39. The molecule has 0 radical (unpaired) electrons. The molecule has 0 bridgehead atoms. The first-order valence-corrected chi connectivity index (χ1v) is 12.1. The summed E-state index contributed by atoms with van der Waals surface area (Å²) in [6, 6.07) is 24.6. The number of para-hydroxylation sites is 1. The maximum absolute atomic E-state index is 13.5. The average Bonchev–Trinajstić information content (AvgIpc) is 2.88. The van der Waals surface area contributed by atoms with Gasteiger partial charge in [0.15, 0.2) is 0 Å². The molecule has 3 aromatic carbocycles. The van der Waals surface area contributed by atoms with Crippen molar-refractivity contribution in [2.45, 2.75) is 57.7 Å². The van der Waals surface area contributed by atoms with Crippen molar-refractivity contribution in [1.82, 2.24) is 10.6 Å². The largest absolute Gasteiger partial charge is 0.370 e. The lowest BCUT2D eigenvalue weighted by atomic mass is 9.94. The van der Waals surface area contributed by atoms with Gasteiger partial charge in [-0.15, -0.1) is 0 Å². The summed E-state index contributed by atoms with van der Waals surface area (Å²) in [5, 5.41) is 9.62. The molecule has 0 aromatic heterocycles. The van der Waals surface area contributed by atoms with Crippen LogP contribution in [0.25, 0.3) is 0 Å². The molecule has 0 spiro atoms. The van der Waals surface area contributed by atoms with Gasteiger partial charge < -0.3 is 16.0 Å². The minimum Gasteiger partial charge on any atom is -0.370 e. The lowest BCUT2D eigenvalue weighted by Crippen LogP contribution is -2.42. The lowest BCUT2D eigenvalue weighted by Gasteiger charge is -2.27. The van der Waals surface area contributed by atoms with Crippen LogP contribution in [0.5, 0.6) is 0 Å². The summed E-state index contributed by atoms with van der Waals surface area (Å²) in [6.45, 7) is 2.47. The summed E-state index contributed by atoms with van der Waals surface area (Å²) >= 11 is 0. The third kappa shape index (κ3) is 6.25. The van der Waals surface area contributed by atoms with Gasteiger partial charge >= 0.3 is 0 Å². The monoisotopic (exact) mass is 455 g/mol. The average molecular weight is 456 g/mol. The van der Waals surface area contributed by atoms with Gasteiger partial charge in [0, 0.05) is 23.8 Å². The Labute approximate surface area is 202 Å². The van der Waals surface area contributed by atoms with Gasteiger partial charge in [-0.1, -0.05) is 85.5 Å².